The zero-order valence-electron chi connectivity index (χ0n) is 14.0. The first kappa shape index (κ1) is 15.3. The molecule has 0 saturated heterocycles. The lowest BCUT2D eigenvalue weighted by Crippen LogP contribution is -2.15. The van der Waals surface area contributed by atoms with Crippen molar-refractivity contribution >= 4 is 17.2 Å². The van der Waals surface area contributed by atoms with Crippen molar-refractivity contribution < 1.29 is 4.39 Å². The Morgan fingerprint density at radius 3 is 2.56 bits per heavy atom. The maximum Gasteiger partial charge on any atom is 0.158 e. The number of aryl methyl sites for hydroxylation is 1. The zero-order valence-corrected chi connectivity index (χ0v) is 14.0. The van der Waals surface area contributed by atoms with E-state index >= 15 is 0 Å². The fourth-order valence-electron chi connectivity index (χ4n) is 2.87. The Balaban J connectivity index is 1.87. The normalized spacial score (nSPS) is 11.0. The molecule has 25 heavy (non-hydrogen) atoms. The molecule has 2 heterocycles. The van der Waals surface area contributed by atoms with Crippen LogP contribution in [0.3, 0.4) is 0 Å². The van der Waals surface area contributed by atoms with Crippen molar-refractivity contribution in [2.24, 2.45) is 0 Å². The van der Waals surface area contributed by atoms with Crippen LogP contribution in [0.15, 0.2) is 66.9 Å². The highest BCUT2D eigenvalue weighted by molar-refractivity contribution is 5.70. The summed E-state index contributed by atoms with van der Waals surface area (Å²) in [6.07, 6.45) is 1.73. The van der Waals surface area contributed by atoms with Crippen molar-refractivity contribution in [3.05, 3.63) is 78.2 Å². The standard InChI is InChI=1S/C20H17FN4/c1-14-4-3-5-17(12-14)24(2)20-13-18(15-6-8-16(21)9-7-15)23-19-10-11-22-25(19)20/h3-13H,1-2H3. The Morgan fingerprint density at radius 2 is 1.80 bits per heavy atom. The van der Waals surface area contributed by atoms with Gasteiger partial charge < -0.3 is 4.90 Å². The molecular weight excluding hydrogens is 315 g/mol. The molecule has 4 nitrogen and oxygen atoms in total. The minimum Gasteiger partial charge on any atom is -0.329 e. The molecule has 5 heteroatoms. The molecule has 0 amide bonds. The van der Waals surface area contributed by atoms with E-state index < -0.39 is 0 Å². The van der Waals surface area contributed by atoms with Gasteiger partial charge in [-0.15, -0.1) is 0 Å². The average Bonchev–Trinajstić information content (AvgIpc) is 3.09. The molecule has 0 aliphatic rings. The molecule has 0 aliphatic heterocycles. The lowest BCUT2D eigenvalue weighted by atomic mass is 10.1. The quantitative estimate of drug-likeness (QED) is 0.549. The van der Waals surface area contributed by atoms with E-state index in [1.54, 1.807) is 22.8 Å². The van der Waals surface area contributed by atoms with Crippen molar-refractivity contribution in [2.45, 2.75) is 6.92 Å². The summed E-state index contributed by atoms with van der Waals surface area (Å²) < 4.78 is 15.0. The largest absolute Gasteiger partial charge is 0.329 e. The second kappa shape index (κ2) is 6.02. The number of rotatable bonds is 3. The molecule has 4 aromatic rings. The summed E-state index contributed by atoms with van der Waals surface area (Å²) in [7, 11) is 2.00. The Hall–Kier alpha value is -3.21. The SMILES string of the molecule is Cc1cccc(N(C)c2cc(-c3ccc(F)cc3)nc3ccnn23)c1. The van der Waals surface area contributed by atoms with Crippen LogP contribution in [0, 0.1) is 12.7 Å². The fraction of sp³-hybridized carbons (Fsp3) is 0.100. The van der Waals surface area contributed by atoms with Crippen molar-refractivity contribution in [2.75, 3.05) is 11.9 Å². The Labute approximate surface area is 145 Å². The van der Waals surface area contributed by atoms with Crippen LogP contribution in [0.25, 0.3) is 16.9 Å². The topological polar surface area (TPSA) is 33.4 Å². The van der Waals surface area contributed by atoms with Gasteiger partial charge >= 0.3 is 0 Å². The van der Waals surface area contributed by atoms with Crippen LogP contribution in [-0.4, -0.2) is 21.6 Å². The molecule has 4 rings (SSSR count). The smallest absolute Gasteiger partial charge is 0.158 e. The first-order valence-electron chi connectivity index (χ1n) is 8.03. The van der Waals surface area contributed by atoms with Crippen molar-refractivity contribution in [1.29, 1.82) is 0 Å². The van der Waals surface area contributed by atoms with Crippen molar-refractivity contribution in [3.63, 3.8) is 0 Å². The fourth-order valence-corrected chi connectivity index (χ4v) is 2.87. The van der Waals surface area contributed by atoms with Gasteiger partial charge in [0.05, 0.1) is 11.9 Å². The summed E-state index contributed by atoms with van der Waals surface area (Å²) in [5.41, 5.74) is 4.64. The van der Waals surface area contributed by atoms with Crippen LogP contribution >= 0.6 is 0 Å². The Kier molecular flexibility index (Phi) is 3.69. The predicted molar refractivity (Wildman–Crippen MR) is 97.6 cm³/mol. The van der Waals surface area contributed by atoms with Gasteiger partial charge in [-0.05, 0) is 48.9 Å². The van der Waals surface area contributed by atoms with Crippen LogP contribution in [0.4, 0.5) is 15.9 Å². The molecule has 0 N–H and O–H groups in total. The molecule has 0 unspecified atom stereocenters. The minimum atomic E-state index is -0.258. The molecule has 124 valence electrons. The first-order chi connectivity index (χ1) is 12.1. The van der Waals surface area contributed by atoms with Gasteiger partial charge in [0.1, 0.15) is 11.6 Å². The van der Waals surface area contributed by atoms with Gasteiger partial charge in [-0.1, -0.05) is 12.1 Å². The number of fused-ring (bicyclic) bond motifs is 1. The summed E-state index contributed by atoms with van der Waals surface area (Å²) in [5.74, 6) is 0.631. The van der Waals surface area contributed by atoms with Gasteiger partial charge in [-0.2, -0.15) is 9.61 Å². The molecule has 0 spiro atoms. The molecule has 2 aromatic heterocycles. The average molecular weight is 332 g/mol. The summed E-state index contributed by atoms with van der Waals surface area (Å²) in [5, 5.41) is 4.39. The number of hydrogen-bond donors (Lipinski definition) is 0. The van der Waals surface area contributed by atoms with Gasteiger partial charge in [-0.3, -0.25) is 0 Å². The maximum absolute atomic E-state index is 13.2. The second-order valence-corrected chi connectivity index (χ2v) is 6.01. The van der Waals surface area contributed by atoms with Crippen molar-refractivity contribution in [1.82, 2.24) is 14.6 Å². The molecule has 0 radical (unpaired) electrons. The van der Waals surface area contributed by atoms with Crippen LogP contribution in [0.1, 0.15) is 5.56 Å². The molecule has 2 aromatic carbocycles. The lowest BCUT2D eigenvalue weighted by Gasteiger charge is -2.21. The molecule has 0 fully saturated rings. The molecule has 0 atom stereocenters. The third-order valence-corrected chi connectivity index (χ3v) is 4.21. The summed E-state index contributed by atoms with van der Waals surface area (Å²) in [4.78, 5) is 6.71. The summed E-state index contributed by atoms with van der Waals surface area (Å²) >= 11 is 0. The maximum atomic E-state index is 13.2. The molecule has 0 aliphatic carbocycles. The van der Waals surface area contributed by atoms with Crippen LogP contribution in [-0.2, 0) is 0 Å². The number of anilines is 2. The highest BCUT2D eigenvalue weighted by Gasteiger charge is 2.13. The third-order valence-electron chi connectivity index (χ3n) is 4.21. The molecular formula is C20H17FN4. The first-order valence-corrected chi connectivity index (χ1v) is 8.03. The van der Waals surface area contributed by atoms with Gasteiger partial charge in [0, 0.05) is 30.4 Å². The summed E-state index contributed by atoms with van der Waals surface area (Å²) in [6.45, 7) is 2.07. The number of nitrogens with zero attached hydrogens (tertiary/aromatic N) is 4. The minimum absolute atomic E-state index is 0.258. The van der Waals surface area contributed by atoms with Gasteiger partial charge in [0.15, 0.2) is 5.65 Å². The number of hydrogen-bond acceptors (Lipinski definition) is 3. The highest BCUT2D eigenvalue weighted by atomic mass is 19.1. The third kappa shape index (κ3) is 2.85. The van der Waals surface area contributed by atoms with E-state index in [1.165, 1.54) is 17.7 Å². The molecule has 0 saturated carbocycles. The number of halogens is 1. The number of benzene rings is 2. The van der Waals surface area contributed by atoms with Crippen LogP contribution < -0.4 is 4.90 Å². The van der Waals surface area contributed by atoms with E-state index in [0.29, 0.717) is 0 Å². The van der Waals surface area contributed by atoms with Gasteiger partial charge in [-0.25, -0.2) is 9.37 Å². The lowest BCUT2D eigenvalue weighted by molar-refractivity contribution is 0.628. The highest BCUT2D eigenvalue weighted by Crippen LogP contribution is 2.28. The van der Waals surface area contributed by atoms with Gasteiger partial charge in [0.25, 0.3) is 0 Å². The van der Waals surface area contributed by atoms with E-state index in [4.69, 9.17) is 0 Å². The summed E-state index contributed by atoms with van der Waals surface area (Å²) in [6, 6.07) is 18.5. The zero-order chi connectivity index (χ0) is 17.4. The molecule has 0 bridgehead atoms. The Morgan fingerprint density at radius 1 is 1.00 bits per heavy atom. The van der Waals surface area contributed by atoms with E-state index in [-0.39, 0.29) is 5.82 Å². The van der Waals surface area contributed by atoms with Crippen LogP contribution in [0.5, 0.6) is 0 Å². The Bertz CT molecular complexity index is 1040. The van der Waals surface area contributed by atoms with Gasteiger partial charge in [0.2, 0.25) is 0 Å². The van der Waals surface area contributed by atoms with E-state index in [9.17, 15) is 4.39 Å². The predicted octanol–water partition coefficient (Wildman–Crippen LogP) is 4.61. The van der Waals surface area contributed by atoms with E-state index in [1.807, 2.05) is 25.2 Å². The van der Waals surface area contributed by atoms with Crippen molar-refractivity contribution in [3.8, 4) is 11.3 Å². The van der Waals surface area contributed by atoms with Crippen LogP contribution in [0.2, 0.25) is 0 Å². The monoisotopic (exact) mass is 332 g/mol. The van der Waals surface area contributed by atoms with E-state index in [2.05, 4.69) is 40.1 Å². The number of aromatic nitrogens is 3. The second-order valence-electron chi connectivity index (χ2n) is 6.01. The van der Waals surface area contributed by atoms with E-state index in [0.717, 1.165) is 28.4 Å².